The van der Waals surface area contributed by atoms with E-state index >= 15 is 0 Å². The SMILES string of the molecule is Cc1ccc(N=Cc2c([O-])ccc3ccccc23)c(Br)c1.Cc1ccc(N=Cc2c([O-])ccc3ccccc23)c(Br)c1.[Cu+2]. The van der Waals surface area contributed by atoms with Gasteiger partial charge in [-0.3, -0.25) is 9.98 Å². The molecule has 0 fully saturated rings. The summed E-state index contributed by atoms with van der Waals surface area (Å²) >= 11 is 6.99. The monoisotopic (exact) mass is 739 g/mol. The topological polar surface area (TPSA) is 70.8 Å². The molecule has 0 amide bonds. The van der Waals surface area contributed by atoms with Crippen molar-refractivity contribution in [2.24, 2.45) is 9.98 Å². The van der Waals surface area contributed by atoms with Crippen LogP contribution in [-0.4, -0.2) is 12.4 Å². The molecule has 0 spiro atoms. The first-order chi connectivity index (χ1) is 20.3. The van der Waals surface area contributed by atoms with Gasteiger partial charge in [0.2, 0.25) is 0 Å². The predicted octanol–water partition coefficient (Wildman–Crippen LogP) is 9.47. The second kappa shape index (κ2) is 14.6. The zero-order chi connectivity index (χ0) is 29.6. The van der Waals surface area contributed by atoms with Crippen molar-refractivity contribution >= 4 is 77.2 Å². The average Bonchev–Trinajstić information content (AvgIpc) is 2.98. The zero-order valence-electron chi connectivity index (χ0n) is 23.3. The molecule has 0 atom stereocenters. The largest absolute Gasteiger partial charge is 2.00 e. The smallest absolute Gasteiger partial charge is 0.872 e. The van der Waals surface area contributed by atoms with E-state index in [1.165, 1.54) is 0 Å². The zero-order valence-corrected chi connectivity index (χ0v) is 27.4. The molecule has 0 aliphatic heterocycles. The van der Waals surface area contributed by atoms with Crippen molar-refractivity contribution in [3.05, 3.63) is 140 Å². The summed E-state index contributed by atoms with van der Waals surface area (Å²) in [6.45, 7) is 4.05. The summed E-state index contributed by atoms with van der Waals surface area (Å²) < 4.78 is 1.85. The van der Waals surface area contributed by atoms with Crippen LogP contribution in [0.2, 0.25) is 0 Å². The number of hydrogen-bond acceptors (Lipinski definition) is 4. The molecule has 6 aromatic rings. The summed E-state index contributed by atoms with van der Waals surface area (Å²) in [4.78, 5) is 8.91. The number of fused-ring (bicyclic) bond motifs is 2. The molecule has 43 heavy (non-hydrogen) atoms. The number of halogens is 2. The van der Waals surface area contributed by atoms with Crippen molar-refractivity contribution < 1.29 is 27.3 Å². The fraction of sp³-hybridized carbons (Fsp3) is 0.0556. The van der Waals surface area contributed by atoms with Crippen LogP contribution in [0.15, 0.2) is 128 Å². The van der Waals surface area contributed by atoms with Crippen molar-refractivity contribution in [2.75, 3.05) is 0 Å². The molecule has 4 nitrogen and oxygen atoms in total. The second-order valence-corrected chi connectivity index (χ2v) is 11.5. The molecule has 1 radical (unpaired) electrons. The van der Waals surface area contributed by atoms with Crippen LogP contribution in [0.25, 0.3) is 21.5 Å². The number of rotatable bonds is 4. The first-order valence-electron chi connectivity index (χ1n) is 13.3. The summed E-state index contributed by atoms with van der Waals surface area (Å²) in [6.07, 6.45) is 3.31. The predicted molar refractivity (Wildman–Crippen MR) is 179 cm³/mol. The van der Waals surface area contributed by atoms with E-state index in [0.717, 1.165) is 53.0 Å². The number of benzene rings is 6. The Bertz CT molecular complexity index is 1830. The van der Waals surface area contributed by atoms with Gasteiger partial charge in [-0.2, -0.15) is 0 Å². The second-order valence-electron chi connectivity index (χ2n) is 9.82. The molecule has 0 saturated carbocycles. The molecule has 0 aliphatic carbocycles. The van der Waals surface area contributed by atoms with Gasteiger partial charge in [0, 0.05) is 21.4 Å². The molecule has 0 aliphatic rings. The minimum Gasteiger partial charge on any atom is -0.872 e. The van der Waals surface area contributed by atoms with E-state index in [0.29, 0.717) is 11.1 Å². The molecule has 0 N–H and O–H groups in total. The maximum absolute atomic E-state index is 12.1. The third-order valence-corrected chi connectivity index (χ3v) is 8.00. The molecular formula is C36H26Br2CuN2O2. The Morgan fingerprint density at radius 2 is 0.930 bits per heavy atom. The van der Waals surface area contributed by atoms with Crippen LogP contribution < -0.4 is 10.2 Å². The Morgan fingerprint density at radius 1 is 0.535 bits per heavy atom. The molecule has 0 aromatic heterocycles. The van der Waals surface area contributed by atoms with Gasteiger partial charge in [-0.25, -0.2) is 0 Å². The van der Waals surface area contributed by atoms with Crippen LogP contribution in [0.1, 0.15) is 22.3 Å². The fourth-order valence-corrected chi connectivity index (χ4v) is 5.71. The quantitative estimate of drug-likeness (QED) is 0.134. The van der Waals surface area contributed by atoms with Crippen molar-refractivity contribution in [3.63, 3.8) is 0 Å². The van der Waals surface area contributed by atoms with Crippen LogP contribution in [0.3, 0.4) is 0 Å². The van der Waals surface area contributed by atoms with Crippen molar-refractivity contribution in [1.29, 1.82) is 0 Å². The summed E-state index contributed by atoms with van der Waals surface area (Å²) in [7, 11) is 0. The van der Waals surface area contributed by atoms with E-state index in [4.69, 9.17) is 0 Å². The number of hydrogen-bond donors (Lipinski definition) is 0. The minimum absolute atomic E-state index is 0. The van der Waals surface area contributed by atoms with E-state index in [2.05, 4.69) is 41.8 Å². The summed E-state index contributed by atoms with van der Waals surface area (Å²) in [5, 5.41) is 28.1. The Balaban J connectivity index is 0.000000192. The van der Waals surface area contributed by atoms with Gasteiger partial charge in [-0.15, -0.1) is 0 Å². The fourth-order valence-electron chi connectivity index (χ4n) is 4.52. The van der Waals surface area contributed by atoms with E-state index in [1.807, 2.05) is 111 Å². The van der Waals surface area contributed by atoms with E-state index in [1.54, 1.807) is 24.6 Å². The molecular weight excluding hydrogens is 716 g/mol. The van der Waals surface area contributed by atoms with Crippen LogP contribution in [0.4, 0.5) is 11.4 Å². The van der Waals surface area contributed by atoms with Gasteiger partial charge < -0.3 is 10.2 Å². The normalized spacial score (nSPS) is 11.1. The van der Waals surface area contributed by atoms with E-state index in [-0.39, 0.29) is 28.6 Å². The summed E-state index contributed by atoms with van der Waals surface area (Å²) in [6, 6.07) is 34.4. The first-order valence-corrected chi connectivity index (χ1v) is 14.9. The summed E-state index contributed by atoms with van der Waals surface area (Å²) in [5.74, 6) is -0.0265. The van der Waals surface area contributed by atoms with Gasteiger partial charge in [0.05, 0.1) is 11.4 Å². The molecule has 0 bridgehead atoms. The maximum atomic E-state index is 12.1. The third-order valence-electron chi connectivity index (χ3n) is 6.73. The van der Waals surface area contributed by atoms with E-state index in [9.17, 15) is 10.2 Å². The Kier molecular flexibility index (Phi) is 10.9. The Hall–Kier alpha value is -3.74. The van der Waals surface area contributed by atoms with Crippen molar-refractivity contribution in [3.8, 4) is 11.5 Å². The van der Waals surface area contributed by atoms with Crippen LogP contribution in [0.5, 0.6) is 11.5 Å². The molecule has 0 heterocycles. The maximum Gasteiger partial charge on any atom is 2.00 e. The molecule has 0 saturated heterocycles. The van der Waals surface area contributed by atoms with Gasteiger partial charge in [-0.1, -0.05) is 96.4 Å². The van der Waals surface area contributed by atoms with Gasteiger partial charge >= 0.3 is 17.1 Å². The minimum atomic E-state index is -0.0133. The van der Waals surface area contributed by atoms with Gasteiger partial charge in [0.25, 0.3) is 0 Å². The molecule has 6 rings (SSSR count). The molecule has 217 valence electrons. The van der Waals surface area contributed by atoms with Crippen LogP contribution >= 0.6 is 31.9 Å². The molecule has 0 unspecified atom stereocenters. The van der Waals surface area contributed by atoms with Crippen LogP contribution in [-0.2, 0) is 17.1 Å². The van der Waals surface area contributed by atoms with Crippen molar-refractivity contribution in [2.45, 2.75) is 13.8 Å². The van der Waals surface area contributed by atoms with Gasteiger partial charge in [-0.05, 0) is 114 Å². The third kappa shape index (κ3) is 7.81. The summed E-state index contributed by atoms with van der Waals surface area (Å²) in [5.41, 5.74) is 5.20. The molecule has 6 aromatic carbocycles. The number of nitrogens with zero attached hydrogens (tertiary/aromatic N) is 2. The number of aliphatic imine (C=N–C) groups is 2. The van der Waals surface area contributed by atoms with Crippen LogP contribution in [0, 0.1) is 13.8 Å². The average molecular weight is 742 g/mol. The van der Waals surface area contributed by atoms with Gasteiger partial charge in [0.15, 0.2) is 0 Å². The Morgan fingerprint density at radius 3 is 1.33 bits per heavy atom. The molecule has 7 heteroatoms. The van der Waals surface area contributed by atoms with Crippen molar-refractivity contribution in [1.82, 2.24) is 0 Å². The number of aryl methyl sites for hydroxylation is 2. The van der Waals surface area contributed by atoms with Gasteiger partial charge in [0.1, 0.15) is 0 Å². The standard InChI is InChI=1S/2C18H14BrNO.Cu/c2*1-12-6-8-17(16(19)10-12)20-11-15-14-5-3-2-4-13(14)7-9-18(15)21;/h2*2-11,21H,1H3;/q;;+2/p-2. The van der Waals surface area contributed by atoms with E-state index < -0.39 is 0 Å². The Labute approximate surface area is 278 Å². The first kappa shape index (κ1) is 32.2.